The van der Waals surface area contributed by atoms with Gasteiger partial charge in [-0.2, -0.15) is 0 Å². The molecule has 0 spiro atoms. The number of carbonyl (C=O) groups is 3. The zero-order valence-corrected chi connectivity index (χ0v) is 21.7. The fraction of sp³-hybridized carbons (Fsp3) is 0.214. The van der Waals surface area contributed by atoms with Gasteiger partial charge in [0.25, 0.3) is 5.91 Å². The molecule has 0 aliphatic rings. The summed E-state index contributed by atoms with van der Waals surface area (Å²) in [6, 6.07) is 23.6. The van der Waals surface area contributed by atoms with Crippen LogP contribution < -0.4 is 16.0 Å². The van der Waals surface area contributed by atoms with Crippen molar-refractivity contribution >= 4 is 58.1 Å². The Kier molecular flexibility index (Phi) is 11.1. The molecule has 0 heterocycles. The molecule has 0 aliphatic carbocycles. The predicted molar refractivity (Wildman–Crippen MR) is 150 cm³/mol. The summed E-state index contributed by atoms with van der Waals surface area (Å²) in [5.41, 5.74) is 2.73. The summed E-state index contributed by atoms with van der Waals surface area (Å²) in [4.78, 5) is 36.6. The Morgan fingerprint density at radius 2 is 1.54 bits per heavy atom. The van der Waals surface area contributed by atoms with Crippen LogP contribution in [-0.4, -0.2) is 29.5 Å². The minimum atomic E-state index is -0.325. The van der Waals surface area contributed by atoms with E-state index in [1.165, 1.54) is 5.56 Å². The molecule has 0 aromatic heterocycles. The second-order valence-corrected chi connectivity index (χ2v) is 9.06. The molecule has 0 bridgehead atoms. The molecule has 0 saturated heterocycles. The Hall–Kier alpha value is -3.75. The van der Waals surface area contributed by atoms with Crippen molar-refractivity contribution in [2.24, 2.45) is 0 Å². The van der Waals surface area contributed by atoms with Gasteiger partial charge in [0.15, 0.2) is 5.11 Å². The van der Waals surface area contributed by atoms with E-state index >= 15 is 0 Å². The highest BCUT2D eigenvalue weighted by Gasteiger charge is 2.10. The summed E-state index contributed by atoms with van der Waals surface area (Å²) in [6.07, 6.45) is 2.23. The molecule has 0 atom stereocenters. The number of benzene rings is 3. The van der Waals surface area contributed by atoms with Crippen LogP contribution in [0.1, 0.15) is 41.6 Å². The Labute approximate surface area is 226 Å². The number of thiocarbonyl (C=S) groups is 1. The van der Waals surface area contributed by atoms with Crippen LogP contribution >= 0.6 is 23.8 Å². The number of aryl methyl sites for hydroxylation is 1. The summed E-state index contributed by atoms with van der Waals surface area (Å²) in [5, 5.41) is 8.87. The van der Waals surface area contributed by atoms with E-state index in [1.807, 2.05) is 30.3 Å². The van der Waals surface area contributed by atoms with Crippen LogP contribution in [0.25, 0.3) is 0 Å². The molecule has 9 heteroatoms. The Balaban J connectivity index is 1.33. The van der Waals surface area contributed by atoms with Crippen LogP contribution in [0.4, 0.5) is 11.4 Å². The van der Waals surface area contributed by atoms with Gasteiger partial charge in [-0.15, -0.1) is 0 Å². The van der Waals surface area contributed by atoms with Crippen molar-refractivity contribution < 1.29 is 19.1 Å². The smallest absolute Gasteiger partial charge is 0.305 e. The number of hydrogen-bond donors (Lipinski definition) is 3. The molecule has 0 saturated carbocycles. The van der Waals surface area contributed by atoms with Crippen molar-refractivity contribution in [3.05, 3.63) is 95.0 Å². The topological polar surface area (TPSA) is 96.5 Å². The molecule has 0 aliphatic heterocycles. The van der Waals surface area contributed by atoms with Crippen molar-refractivity contribution in [2.45, 2.75) is 32.1 Å². The highest BCUT2D eigenvalue weighted by atomic mass is 35.5. The van der Waals surface area contributed by atoms with E-state index in [4.69, 9.17) is 28.6 Å². The van der Waals surface area contributed by atoms with Crippen molar-refractivity contribution in [1.82, 2.24) is 5.32 Å². The standard InChI is InChI=1S/C28H28ClN3O4S/c29-22-12-5-14-24(19-22)30-27(35)21-11-4-13-23(18-21)31-28(37)32-25(33)15-6-16-26(34)36-17-7-10-20-8-2-1-3-9-20/h1-5,8-9,11-14,18-19H,6-7,10,15-17H2,(H,30,35)(H2,31,32,33,37). The molecule has 7 nitrogen and oxygen atoms in total. The molecule has 0 radical (unpaired) electrons. The summed E-state index contributed by atoms with van der Waals surface area (Å²) in [6.45, 7) is 0.351. The lowest BCUT2D eigenvalue weighted by Crippen LogP contribution is -2.34. The van der Waals surface area contributed by atoms with Crippen molar-refractivity contribution in [1.29, 1.82) is 0 Å². The molecule has 3 rings (SSSR count). The van der Waals surface area contributed by atoms with Gasteiger partial charge in [-0.05, 0) is 73.4 Å². The molecular weight excluding hydrogens is 510 g/mol. The maximum Gasteiger partial charge on any atom is 0.305 e. The maximum absolute atomic E-state index is 12.5. The van der Waals surface area contributed by atoms with Crippen LogP contribution in [0.3, 0.4) is 0 Å². The molecular formula is C28H28ClN3O4S. The molecule has 3 aromatic rings. The number of halogens is 1. The molecule has 37 heavy (non-hydrogen) atoms. The summed E-state index contributed by atoms with van der Waals surface area (Å²) in [7, 11) is 0. The largest absolute Gasteiger partial charge is 0.466 e. The molecule has 3 aromatic carbocycles. The lowest BCUT2D eigenvalue weighted by molar-refractivity contribution is -0.143. The van der Waals surface area contributed by atoms with Crippen molar-refractivity contribution in [2.75, 3.05) is 17.2 Å². The van der Waals surface area contributed by atoms with E-state index in [0.29, 0.717) is 35.0 Å². The first kappa shape index (κ1) is 27.8. The number of nitrogens with one attached hydrogen (secondary N) is 3. The van der Waals surface area contributed by atoms with Crippen LogP contribution in [-0.2, 0) is 20.7 Å². The van der Waals surface area contributed by atoms with E-state index in [1.54, 1.807) is 48.5 Å². The fourth-order valence-corrected chi connectivity index (χ4v) is 3.85. The van der Waals surface area contributed by atoms with Crippen LogP contribution in [0, 0.1) is 0 Å². The molecule has 2 amide bonds. The van der Waals surface area contributed by atoms with E-state index in [0.717, 1.165) is 12.8 Å². The van der Waals surface area contributed by atoms with Crippen molar-refractivity contribution in [3.63, 3.8) is 0 Å². The quantitative estimate of drug-likeness (QED) is 0.164. The number of esters is 1. The zero-order valence-electron chi connectivity index (χ0n) is 20.2. The summed E-state index contributed by atoms with van der Waals surface area (Å²) < 4.78 is 5.23. The zero-order chi connectivity index (χ0) is 26.5. The second-order valence-electron chi connectivity index (χ2n) is 8.21. The SMILES string of the molecule is O=C(CCCC(=O)OCCCc1ccccc1)NC(=S)Nc1cccc(C(=O)Nc2cccc(Cl)c2)c1. The maximum atomic E-state index is 12.5. The molecule has 3 N–H and O–H groups in total. The Morgan fingerprint density at radius 3 is 2.30 bits per heavy atom. The van der Waals surface area contributed by atoms with Gasteiger partial charge >= 0.3 is 5.97 Å². The number of carbonyl (C=O) groups excluding carboxylic acids is 3. The van der Waals surface area contributed by atoms with Gasteiger partial charge in [0.05, 0.1) is 6.61 Å². The minimum Gasteiger partial charge on any atom is -0.466 e. The number of hydrogen-bond acceptors (Lipinski definition) is 5. The predicted octanol–water partition coefficient (Wildman–Crippen LogP) is 5.75. The number of amides is 2. The Bertz CT molecular complexity index is 1240. The highest BCUT2D eigenvalue weighted by molar-refractivity contribution is 7.80. The van der Waals surface area contributed by atoms with Gasteiger partial charge in [-0.3, -0.25) is 14.4 Å². The number of anilines is 2. The third kappa shape index (κ3) is 10.4. The van der Waals surface area contributed by atoms with Gasteiger partial charge in [-0.1, -0.05) is 54.1 Å². The molecule has 192 valence electrons. The van der Waals surface area contributed by atoms with E-state index in [-0.39, 0.29) is 35.7 Å². The van der Waals surface area contributed by atoms with Gasteiger partial charge in [0, 0.05) is 34.8 Å². The average molecular weight is 538 g/mol. The number of ether oxygens (including phenoxy) is 1. The molecule has 0 fully saturated rings. The van der Waals surface area contributed by atoms with Crippen LogP contribution in [0.15, 0.2) is 78.9 Å². The van der Waals surface area contributed by atoms with Gasteiger partial charge < -0.3 is 20.7 Å². The third-order valence-corrected chi connectivity index (χ3v) is 5.66. The first-order chi connectivity index (χ1) is 17.9. The van der Waals surface area contributed by atoms with E-state index in [2.05, 4.69) is 16.0 Å². The lowest BCUT2D eigenvalue weighted by atomic mass is 10.1. The normalized spacial score (nSPS) is 10.3. The Morgan fingerprint density at radius 1 is 0.811 bits per heavy atom. The second kappa shape index (κ2) is 14.7. The van der Waals surface area contributed by atoms with E-state index < -0.39 is 0 Å². The lowest BCUT2D eigenvalue weighted by Gasteiger charge is -2.11. The van der Waals surface area contributed by atoms with Gasteiger partial charge in [0.2, 0.25) is 5.91 Å². The molecule has 0 unspecified atom stereocenters. The van der Waals surface area contributed by atoms with Gasteiger partial charge in [-0.25, -0.2) is 0 Å². The van der Waals surface area contributed by atoms with Crippen molar-refractivity contribution in [3.8, 4) is 0 Å². The van der Waals surface area contributed by atoms with Crippen LogP contribution in [0.5, 0.6) is 0 Å². The summed E-state index contributed by atoms with van der Waals surface area (Å²) in [5.74, 6) is -0.952. The fourth-order valence-electron chi connectivity index (χ4n) is 3.43. The van der Waals surface area contributed by atoms with Gasteiger partial charge in [0.1, 0.15) is 0 Å². The number of rotatable bonds is 11. The monoisotopic (exact) mass is 537 g/mol. The third-order valence-electron chi connectivity index (χ3n) is 5.22. The minimum absolute atomic E-state index is 0.0980. The highest BCUT2D eigenvalue weighted by Crippen LogP contribution is 2.17. The first-order valence-corrected chi connectivity index (χ1v) is 12.6. The average Bonchev–Trinajstić information content (AvgIpc) is 2.87. The first-order valence-electron chi connectivity index (χ1n) is 11.9. The van der Waals surface area contributed by atoms with Crippen LogP contribution in [0.2, 0.25) is 5.02 Å². The summed E-state index contributed by atoms with van der Waals surface area (Å²) >= 11 is 11.2. The van der Waals surface area contributed by atoms with E-state index in [9.17, 15) is 14.4 Å².